The molecule has 0 bridgehead atoms. The summed E-state index contributed by atoms with van der Waals surface area (Å²) in [6.07, 6.45) is 4.86. The van der Waals surface area contributed by atoms with E-state index >= 15 is 0 Å². The number of nitrogens with zero attached hydrogens (tertiary/aromatic N) is 3. The minimum Gasteiger partial charge on any atom is -0.283 e. The van der Waals surface area contributed by atoms with Crippen LogP contribution in [0.15, 0.2) is 59.7 Å². The van der Waals surface area contributed by atoms with Gasteiger partial charge in [-0.05, 0) is 49.6 Å². The Morgan fingerprint density at radius 1 is 1.10 bits per heavy atom. The second-order valence-corrected chi connectivity index (χ2v) is 9.39. The third-order valence-corrected chi connectivity index (χ3v) is 6.93. The monoisotopic (exact) mass is 535 g/mol. The average Bonchev–Trinajstić information content (AvgIpc) is 3.09. The third-order valence-electron chi connectivity index (χ3n) is 6.00. The maximum Gasteiger partial charge on any atom is 0.259 e. The predicted octanol–water partition coefficient (Wildman–Crippen LogP) is 6.59. The van der Waals surface area contributed by atoms with Crippen molar-refractivity contribution >= 4 is 40.2 Å². The normalized spacial score (nSPS) is 20.6. The molecule has 0 N–H and O–H groups in total. The molecule has 2 unspecified atom stereocenters. The predicted molar refractivity (Wildman–Crippen MR) is 134 cm³/mol. The molecule has 1 aliphatic heterocycles. The summed E-state index contributed by atoms with van der Waals surface area (Å²) >= 11 is 2.15. The van der Waals surface area contributed by atoms with Crippen LogP contribution >= 0.6 is 22.9 Å². The molecule has 0 aliphatic carbocycles. The average molecular weight is 535 g/mol. The Hall–Kier alpha value is -1.96. The second kappa shape index (κ2) is 10.6. The van der Waals surface area contributed by atoms with Crippen LogP contribution in [0.2, 0.25) is 0 Å². The van der Waals surface area contributed by atoms with Gasteiger partial charge in [-0.2, -0.15) is 5.10 Å². The Morgan fingerprint density at radius 2 is 1.74 bits per heavy atom. The molecular formula is C25H31FIN3O. The van der Waals surface area contributed by atoms with Gasteiger partial charge in [0.2, 0.25) is 0 Å². The molecule has 2 aromatic rings. The summed E-state index contributed by atoms with van der Waals surface area (Å²) in [4.78, 5) is 13.9. The fraction of sp³-hybridized carbons (Fsp3) is 0.440. The lowest BCUT2D eigenvalue weighted by Crippen LogP contribution is -2.57. The first-order chi connectivity index (χ1) is 14.9. The molecule has 0 saturated carbocycles. The first-order valence-electron chi connectivity index (χ1n) is 11.1. The van der Waals surface area contributed by atoms with Crippen molar-refractivity contribution in [1.29, 1.82) is 0 Å². The first kappa shape index (κ1) is 23.7. The van der Waals surface area contributed by atoms with Crippen molar-refractivity contribution in [3.05, 3.63) is 66.0 Å². The second-order valence-electron chi connectivity index (χ2n) is 8.23. The molecule has 1 heterocycles. The molecule has 1 aliphatic rings. The highest BCUT2D eigenvalue weighted by Gasteiger charge is 2.54. The molecular weight excluding hydrogens is 504 g/mol. The SMILES string of the molecule is CCCCC1C(c2ccc(F)cc2)=NN(c2ccccc2)C1(C)C(=O)N(I)CCCC. The van der Waals surface area contributed by atoms with E-state index in [0.717, 1.165) is 49.1 Å². The highest BCUT2D eigenvalue weighted by molar-refractivity contribution is 14.1. The zero-order chi connectivity index (χ0) is 22.4. The minimum atomic E-state index is -0.852. The summed E-state index contributed by atoms with van der Waals surface area (Å²) in [5, 5.41) is 6.90. The van der Waals surface area contributed by atoms with Gasteiger partial charge in [0, 0.05) is 12.5 Å². The summed E-state index contributed by atoms with van der Waals surface area (Å²) in [5.41, 5.74) is 1.76. The fourth-order valence-electron chi connectivity index (χ4n) is 4.18. The molecule has 0 fully saturated rings. The number of carbonyl (C=O) groups excluding carboxylic acids is 1. The number of para-hydroxylation sites is 1. The summed E-state index contributed by atoms with van der Waals surface area (Å²) in [6, 6.07) is 16.3. The maximum absolute atomic E-state index is 13.9. The van der Waals surface area contributed by atoms with Gasteiger partial charge in [-0.3, -0.25) is 7.91 Å². The number of hydrogen-bond donors (Lipinski definition) is 0. The Labute approximate surface area is 199 Å². The standard InChI is InChI=1S/C25H31FIN3O/c1-4-6-13-22-23(19-14-16-20(26)17-15-19)28-30(21-11-9-8-10-12-21)25(22,3)24(31)29(27)18-7-5-2/h8-12,14-17,22H,4-7,13,18H2,1-3H3. The van der Waals surface area contributed by atoms with Crippen LogP contribution in [0.25, 0.3) is 0 Å². The number of rotatable bonds is 9. The van der Waals surface area contributed by atoms with E-state index in [1.54, 1.807) is 12.1 Å². The molecule has 3 rings (SSSR count). The quantitative estimate of drug-likeness (QED) is 0.268. The van der Waals surface area contributed by atoms with Crippen LogP contribution in [0, 0.1) is 11.7 Å². The lowest BCUT2D eigenvalue weighted by atomic mass is 9.77. The lowest BCUT2D eigenvalue weighted by Gasteiger charge is -2.39. The van der Waals surface area contributed by atoms with E-state index in [1.807, 2.05) is 45.4 Å². The van der Waals surface area contributed by atoms with E-state index in [0.29, 0.717) is 6.54 Å². The molecule has 166 valence electrons. The Morgan fingerprint density at radius 3 is 2.35 bits per heavy atom. The van der Waals surface area contributed by atoms with Crippen LogP contribution in [0.5, 0.6) is 0 Å². The molecule has 0 spiro atoms. The van der Waals surface area contributed by atoms with Crippen molar-refractivity contribution in [2.24, 2.45) is 11.0 Å². The van der Waals surface area contributed by atoms with Crippen LogP contribution in [0.3, 0.4) is 0 Å². The van der Waals surface area contributed by atoms with E-state index in [9.17, 15) is 9.18 Å². The molecule has 2 atom stereocenters. The molecule has 0 saturated heterocycles. The Bertz CT molecular complexity index is 903. The Balaban J connectivity index is 2.11. The molecule has 0 aromatic heterocycles. The maximum atomic E-state index is 13.9. The van der Waals surface area contributed by atoms with Crippen LogP contribution in [-0.2, 0) is 4.79 Å². The van der Waals surface area contributed by atoms with Gasteiger partial charge in [-0.25, -0.2) is 9.40 Å². The smallest absolute Gasteiger partial charge is 0.259 e. The number of benzene rings is 2. The highest BCUT2D eigenvalue weighted by atomic mass is 127. The van der Waals surface area contributed by atoms with Gasteiger partial charge in [-0.1, -0.05) is 63.4 Å². The zero-order valence-electron chi connectivity index (χ0n) is 18.5. The lowest BCUT2D eigenvalue weighted by molar-refractivity contribution is -0.131. The largest absolute Gasteiger partial charge is 0.283 e. The highest BCUT2D eigenvalue weighted by Crippen LogP contribution is 2.43. The number of hydrazone groups is 1. The number of amides is 1. The molecule has 4 nitrogen and oxygen atoms in total. The van der Waals surface area contributed by atoms with E-state index in [1.165, 1.54) is 12.1 Å². The summed E-state index contributed by atoms with van der Waals surface area (Å²) < 4.78 is 15.4. The van der Waals surface area contributed by atoms with Crippen molar-refractivity contribution in [3.8, 4) is 0 Å². The number of anilines is 1. The van der Waals surface area contributed by atoms with Gasteiger partial charge in [0.05, 0.1) is 34.3 Å². The van der Waals surface area contributed by atoms with Crippen LogP contribution < -0.4 is 5.01 Å². The molecule has 1 amide bonds. The van der Waals surface area contributed by atoms with Gasteiger partial charge in [0.15, 0.2) is 0 Å². The fourth-order valence-corrected chi connectivity index (χ4v) is 5.01. The van der Waals surface area contributed by atoms with Gasteiger partial charge < -0.3 is 0 Å². The molecule has 2 aromatic carbocycles. The number of carbonyl (C=O) groups is 1. The van der Waals surface area contributed by atoms with E-state index < -0.39 is 5.54 Å². The van der Waals surface area contributed by atoms with Crippen molar-refractivity contribution in [2.45, 2.75) is 58.4 Å². The third kappa shape index (κ3) is 4.94. The summed E-state index contributed by atoms with van der Waals surface area (Å²) in [5.74, 6) is -0.305. The van der Waals surface area contributed by atoms with Crippen molar-refractivity contribution in [1.82, 2.24) is 3.11 Å². The van der Waals surface area contributed by atoms with Gasteiger partial charge in [0.25, 0.3) is 5.91 Å². The molecule has 6 heteroatoms. The first-order valence-corrected chi connectivity index (χ1v) is 12.1. The van der Waals surface area contributed by atoms with Gasteiger partial charge in [0.1, 0.15) is 11.4 Å². The summed E-state index contributed by atoms with van der Waals surface area (Å²) in [6.45, 7) is 7.01. The van der Waals surface area contributed by atoms with Crippen LogP contribution in [-0.4, -0.2) is 26.8 Å². The topological polar surface area (TPSA) is 35.9 Å². The summed E-state index contributed by atoms with van der Waals surface area (Å²) in [7, 11) is 0. The van der Waals surface area contributed by atoms with E-state index in [4.69, 9.17) is 5.10 Å². The van der Waals surface area contributed by atoms with Crippen molar-refractivity contribution in [2.75, 3.05) is 11.6 Å². The Kier molecular flexibility index (Phi) is 8.08. The van der Waals surface area contributed by atoms with E-state index in [2.05, 4.69) is 36.7 Å². The number of halogens is 2. The minimum absolute atomic E-state index is 0.0624. The molecule has 31 heavy (non-hydrogen) atoms. The number of hydrogen-bond acceptors (Lipinski definition) is 3. The van der Waals surface area contributed by atoms with E-state index in [-0.39, 0.29) is 17.6 Å². The van der Waals surface area contributed by atoms with Crippen molar-refractivity contribution < 1.29 is 9.18 Å². The van der Waals surface area contributed by atoms with Crippen LogP contribution in [0.4, 0.5) is 10.1 Å². The van der Waals surface area contributed by atoms with Crippen molar-refractivity contribution in [3.63, 3.8) is 0 Å². The zero-order valence-corrected chi connectivity index (χ0v) is 20.7. The molecule has 0 radical (unpaired) electrons. The number of unbranched alkanes of at least 4 members (excludes halogenated alkanes) is 2. The van der Waals surface area contributed by atoms with Gasteiger partial charge in [-0.15, -0.1) is 0 Å². The van der Waals surface area contributed by atoms with Crippen LogP contribution in [0.1, 0.15) is 58.4 Å². The van der Waals surface area contributed by atoms with Gasteiger partial charge >= 0.3 is 0 Å².